The van der Waals surface area contributed by atoms with Gasteiger partial charge in [0.1, 0.15) is 60.2 Å². The lowest BCUT2D eigenvalue weighted by Gasteiger charge is -2.34. The van der Waals surface area contributed by atoms with Gasteiger partial charge in [0, 0.05) is 13.0 Å². The number of carbonyl (C=O) groups excluding carboxylic acids is 12. The summed E-state index contributed by atoms with van der Waals surface area (Å²) in [5.74, 6) is -16.2. The number of hydrogen-bond donors (Lipinski definition) is 20. The lowest BCUT2D eigenvalue weighted by Crippen LogP contribution is -2.64. The number of hydrogen-bond acceptors (Lipinski definition) is 21. The molecule has 1 unspecified atom stereocenters. The predicted molar refractivity (Wildman–Crippen MR) is 374 cm³/mol. The average Bonchev–Trinajstić information content (AvgIpc) is 0.813. The van der Waals surface area contributed by atoms with Crippen LogP contribution in [0.3, 0.4) is 0 Å². The summed E-state index contributed by atoms with van der Waals surface area (Å²) >= 11 is 0. The zero-order chi connectivity index (χ0) is 77.0. The van der Waals surface area contributed by atoms with Gasteiger partial charge in [-0.25, -0.2) is 9.59 Å². The highest BCUT2D eigenvalue weighted by molar-refractivity contribution is 5.99. The van der Waals surface area contributed by atoms with Crippen molar-refractivity contribution in [3.63, 3.8) is 0 Å². The molecule has 16 atom stereocenters. The van der Waals surface area contributed by atoms with E-state index < -0.39 is 205 Å². The van der Waals surface area contributed by atoms with E-state index in [4.69, 9.17) is 26.4 Å². The topological polar surface area (TPSA) is 545 Å². The van der Waals surface area contributed by atoms with E-state index in [1.165, 1.54) is 44.2 Å². The number of amides is 11. The summed E-state index contributed by atoms with van der Waals surface area (Å²) in [6.07, 6.45) is -7.08. The van der Waals surface area contributed by atoms with Gasteiger partial charge in [-0.3, -0.25) is 58.7 Å². The molecule has 2 fully saturated rings. The third-order valence-corrected chi connectivity index (χ3v) is 17.5. The molecule has 2 aliphatic rings. The van der Waals surface area contributed by atoms with Crippen molar-refractivity contribution in [1.29, 1.82) is 5.41 Å². The van der Waals surface area contributed by atoms with Crippen LogP contribution in [0.15, 0.2) is 60.7 Å². The van der Waals surface area contributed by atoms with E-state index in [2.05, 4.69) is 58.5 Å². The first kappa shape index (κ1) is 86.3. The van der Waals surface area contributed by atoms with Crippen LogP contribution in [0.1, 0.15) is 151 Å². The fourth-order valence-corrected chi connectivity index (χ4v) is 11.6. The van der Waals surface area contributed by atoms with E-state index in [1.54, 1.807) is 78.8 Å². The van der Waals surface area contributed by atoms with Gasteiger partial charge in [0.25, 0.3) is 0 Å². The van der Waals surface area contributed by atoms with Crippen LogP contribution in [0.5, 0.6) is 0 Å². The van der Waals surface area contributed by atoms with E-state index in [1.807, 2.05) is 5.32 Å². The normalized spacial score (nSPS) is 24.9. The summed E-state index contributed by atoms with van der Waals surface area (Å²) in [6, 6.07) is -2.90. The fourth-order valence-electron chi connectivity index (χ4n) is 11.6. The number of nitrogens with two attached hydrogens (primary N) is 2. The summed E-state index contributed by atoms with van der Waals surface area (Å²) in [6.45, 7) is 13.3. The van der Waals surface area contributed by atoms with Crippen LogP contribution in [0.25, 0.3) is 0 Å². The highest BCUT2D eigenvalue weighted by atomic mass is 16.6. The highest BCUT2D eigenvalue weighted by Gasteiger charge is 2.44. The summed E-state index contributed by atoms with van der Waals surface area (Å²) in [7, 11) is 0. The first-order chi connectivity index (χ1) is 48.4. The SMILES string of the molecule is CC[C@H](C)[C@@H]1NC(=O)[C@@H](CCCNC(=N)N)NC(=O)[C@H](CC(C)C)NC(=O)[C@H]([C@H](O)C(C)C)NC(=O)[C@@H](NC(=O)[C@H](Cc2ccccc2)NC(=O)[C@H](CC2CCCCC2)NC(=O)OC(C)(C)C)[C@@H](c2ccccc2)OC(=O)[C@H](CO)NC(=O)[C@H]([C@H](O)C(N)=O)NC(=O)CNC(=O)[C@H]([C@H](C)O)NC1O. The van der Waals surface area contributed by atoms with Crippen LogP contribution in [0.4, 0.5) is 4.79 Å². The molecule has 1 heterocycles. The summed E-state index contributed by atoms with van der Waals surface area (Å²) < 4.78 is 11.6. The molecule has 0 aromatic heterocycles. The summed E-state index contributed by atoms with van der Waals surface area (Å²) in [4.78, 5) is 173. The number of rotatable bonds is 24. The second-order valence-corrected chi connectivity index (χ2v) is 28.0. The van der Waals surface area contributed by atoms with Crippen LogP contribution >= 0.6 is 0 Å². The van der Waals surface area contributed by atoms with Crippen LogP contribution in [0, 0.1) is 29.1 Å². The summed E-state index contributed by atoms with van der Waals surface area (Å²) in [5.41, 5.74) is 10.3. The first-order valence-corrected chi connectivity index (χ1v) is 34.9. The molecule has 0 bridgehead atoms. The molecule has 1 saturated carbocycles. The molecule has 2 aromatic rings. The Hall–Kier alpha value is -9.09. The fraction of sp³-hybridized carbons (Fsp3) is 0.638. The number of esters is 1. The minimum Gasteiger partial charge on any atom is -0.453 e. The number of cyclic esters (lactones) is 1. The molecule has 0 spiro atoms. The maximum absolute atomic E-state index is 15.8. The molecule has 2 aromatic carbocycles. The van der Waals surface area contributed by atoms with E-state index in [-0.39, 0.29) is 56.6 Å². The number of nitrogens with one attached hydrogen (secondary N) is 13. The molecule has 1 aliphatic heterocycles. The largest absolute Gasteiger partial charge is 0.453 e. The molecular weight excluding hydrogens is 1340 g/mol. The van der Waals surface area contributed by atoms with Gasteiger partial charge in [-0.05, 0) is 88.2 Å². The Kier molecular flexibility index (Phi) is 35.1. The number of benzene rings is 2. The van der Waals surface area contributed by atoms with Gasteiger partial charge in [-0.15, -0.1) is 0 Å². The second kappa shape index (κ2) is 41.9. The van der Waals surface area contributed by atoms with Gasteiger partial charge in [0.2, 0.25) is 59.1 Å². The van der Waals surface area contributed by atoms with Crippen molar-refractivity contribution >= 4 is 77.1 Å². The summed E-state index contributed by atoms with van der Waals surface area (Å²) in [5, 5.41) is 94.2. The predicted octanol–water partition coefficient (Wildman–Crippen LogP) is -2.75. The Morgan fingerprint density at radius 3 is 1.84 bits per heavy atom. The molecule has 4 rings (SSSR count). The maximum atomic E-state index is 15.8. The lowest BCUT2D eigenvalue weighted by molar-refractivity contribution is -0.159. The Morgan fingerprint density at radius 2 is 1.28 bits per heavy atom. The molecule has 0 radical (unpaired) electrons. The molecule has 103 heavy (non-hydrogen) atoms. The van der Waals surface area contributed by atoms with E-state index in [9.17, 15) is 68.7 Å². The van der Waals surface area contributed by atoms with E-state index in [0.717, 1.165) is 39.0 Å². The van der Waals surface area contributed by atoms with E-state index in [0.29, 0.717) is 5.56 Å². The van der Waals surface area contributed by atoms with Crippen molar-refractivity contribution < 1.29 is 92.5 Å². The number of alkyl carbamates (subject to hydrolysis) is 1. The molecule has 11 amide bonds. The van der Waals surface area contributed by atoms with Crippen molar-refractivity contribution in [3.8, 4) is 0 Å². The molecule has 574 valence electrons. The van der Waals surface area contributed by atoms with Crippen molar-refractivity contribution in [2.45, 2.75) is 237 Å². The zero-order valence-corrected chi connectivity index (χ0v) is 60.2. The third-order valence-electron chi connectivity index (χ3n) is 17.5. The minimum atomic E-state index is -2.59. The van der Waals surface area contributed by atoms with Crippen molar-refractivity contribution in [3.05, 3.63) is 71.8 Å². The first-order valence-electron chi connectivity index (χ1n) is 34.9. The Morgan fingerprint density at radius 1 is 0.689 bits per heavy atom. The van der Waals surface area contributed by atoms with Gasteiger partial charge >= 0.3 is 12.1 Å². The zero-order valence-electron chi connectivity index (χ0n) is 60.2. The monoisotopic (exact) mass is 1450 g/mol. The van der Waals surface area contributed by atoms with Gasteiger partial charge in [-0.1, -0.05) is 141 Å². The molecule has 1 saturated heterocycles. The molecule has 34 heteroatoms. The maximum Gasteiger partial charge on any atom is 0.408 e. The smallest absolute Gasteiger partial charge is 0.408 e. The number of ether oxygens (including phenoxy) is 2. The van der Waals surface area contributed by atoms with Gasteiger partial charge < -0.3 is 105 Å². The molecule has 1 aliphatic carbocycles. The number of primary amides is 1. The average molecular weight is 1450 g/mol. The van der Waals surface area contributed by atoms with Crippen molar-refractivity contribution in [1.82, 2.24) is 63.8 Å². The molecule has 34 nitrogen and oxygen atoms in total. The number of carbonyl (C=O) groups is 12. The lowest BCUT2D eigenvalue weighted by atomic mass is 9.84. The quantitative estimate of drug-likeness (QED) is 0.0219. The van der Waals surface area contributed by atoms with Crippen molar-refractivity contribution in [2.24, 2.45) is 35.1 Å². The van der Waals surface area contributed by atoms with Gasteiger partial charge in [0.05, 0.1) is 31.4 Å². The van der Waals surface area contributed by atoms with E-state index >= 15 is 14.4 Å². The van der Waals surface area contributed by atoms with Crippen LogP contribution in [-0.4, -0.2) is 213 Å². The number of aliphatic hydroxyl groups is 5. The number of guanidine groups is 1. The Bertz CT molecular complexity index is 3170. The number of aliphatic hydroxyl groups excluding tert-OH is 5. The second-order valence-electron chi connectivity index (χ2n) is 28.0. The van der Waals surface area contributed by atoms with Crippen LogP contribution in [0.2, 0.25) is 0 Å². The van der Waals surface area contributed by atoms with Crippen LogP contribution in [-0.2, 0) is 68.6 Å². The van der Waals surface area contributed by atoms with Crippen LogP contribution < -0.4 is 75.3 Å². The van der Waals surface area contributed by atoms with Gasteiger partial charge in [0.15, 0.2) is 24.2 Å². The molecule has 22 N–H and O–H groups in total. The Labute approximate surface area is 599 Å². The third kappa shape index (κ3) is 28.6. The standard InChI is InChI=1S/C69H109N15O19/c1-11-37(6)48-62(96)82-49(38(7)86)61(95)74-33-47(87)80-51(54(89)56(70)90)64(98)78-46(34-85)66(100)102-55(41-26-19-14-20-27-41)52(65(99)83-50(53(88)36(4)5)63(97)77-43(30-35(2)3)58(92)75-42(57(91)81-48)28-21-29-73-67(71)72)84-60(94)44(31-39-22-15-12-16-23-39)76-59(93)45(32-40-24-17-13-18-25-40)79-68(101)103-69(8,9)10/h12,14-16,19-20,22-23,26-27,35-38,40,42-46,48-55,62,82,85-86,88-89,96H,11,13,17-18,21,24-25,28-34H2,1-10H3,(H2,70,90)(H,74,95)(H,75,92)(H,76,93)(H,77,97)(H,78,98)(H,79,101)(H,80,87)(H,81,91)(H,83,99)(H,84,94)(H4,71,72,73)/t37-,38-,42+,43-,44-,45-,46-,48-,49-,50-,51-,52-,53+,54-,55+,62?/m0/s1. The minimum absolute atomic E-state index is 0.0155. The highest BCUT2D eigenvalue weighted by Crippen LogP contribution is 2.29. The van der Waals surface area contributed by atoms with Gasteiger partial charge in [-0.2, -0.15) is 0 Å². The molecular formula is C69H109N15O19. The van der Waals surface area contributed by atoms with Crippen molar-refractivity contribution in [2.75, 3.05) is 19.7 Å². The Balaban J connectivity index is 2.03.